The van der Waals surface area contributed by atoms with E-state index in [0.717, 1.165) is 10.8 Å². The monoisotopic (exact) mass is 328 g/mol. The van der Waals surface area contributed by atoms with E-state index in [1.165, 1.54) is 0 Å². The maximum atomic E-state index is 10.9. The lowest BCUT2D eigenvalue weighted by atomic mass is 10.3. The van der Waals surface area contributed by atoms with E-state index in [0.29, 0.717) is 5.69 Å². The summed E-state index contributed by atoms with van der Waals surface area (Å²) in [6, 6.07) is 7.11. The maximum Gasteiger partial charge on any atom is 0.348 e. The normalized spacial score (nSPS) is 10.1. The van der Waals surface area contributed by atoms with Gasteiger partial charge in [0.1, 0.15) is 6.33 Å². The lowest BCUT2D eigenvalue weighted by Crippen LogP contribution is -2.01. The summed E-state index contributed by atoms with van der Waals surface area (Å²) >= 11 is 8.97. The van der Waals surface area contributed by atoms with Gasteiger partial charge in [-0.2, -0.15) is 0 Å². The highest BCUT2D eigenvalue weighted by Crippen LogP contribution is 2.30. The molecule has 0 unspecified atom stereocenters. The molecule has 1 N–H and O–H groups in total. The first-order chi connectivity index (χ1) is 8.58. The largest absolute Gasteiger partial charge is 0.348 e. The van der Waals surface area contributed by atoms with Crippen molar-refractivity contribution in [3.63, 3.8) is 0 Å². The Labute approximate surface area is 115 Å². The number of halogens is 2. The van der Waals surface area contributed by atoms with Gasteiger partial charge in [0.05, 0.1) is 4.92 Å². The van der Waals surface area contributed by atoms with Gasteiger partial charge in [-0.15, -0.1) is 0 Å². The molecule has 0 radical (unpaired) electrons. The molecule has 0 bridgehead atoms. The Balaban J connectivity index is 2.37. The van der Waals surface area contributed by atoms with Crippen molar-refractivity contribution in [1.29, 1.82) is 0 Å². The molecular formula is C10H6BrClN4O2. The first kappa shape index (κ1) is 12.7. The quantitative estimate of drug-likeness (QED) is 0.529. The van der Waals surface area contributed by atoms with E-state index in [9.17, 15) is 10.1 Å². The number of nitro groups is 1. The van der Waals surface area contributed by atoms with Gasteiger partial charge in [0.2, 0.25) is 11.0 Å². The second-order valence-corrected chi connectivity index (χ2v) is 4.52. The van der Waals surface area contributed by atoms with Crippen LogP contribution in [0, 0.1) is 10.1 Å². The highest BCUT2D eigenvalue weighted by molar-refractivity contribution is 9.10. The summed E-state index contributed by atoms with van der Waals surface area (Å²) < 4.78 is 0.906. The molecule has 0 aliphatic heterocycles. The predicted octanol–water partition coefficient (Wildman–Crippen LogP) is 3.54. The summed E-state index contributed by atoms with van der Waals surface area (Å²) in [5, 5.41) is 13.5. The second kappa shape index (κ2) is 5.28. The minimum Gasteiger partial charge on any atom is -0.334 e. The summed E-state index contributed by atoms with van der Waals surface area (Å²) in [6.45, 7) is 0. The van der Waals surface area contributed by atoms with E-state index >= 15 is 0 Å². The molecule has 18 heavy (non-hydrogen) atoms. The van der Waals surface area contributed by atoms with Crippen molar-refractivity contribution < 1.29 is 4.92 Å². The smallest absolute Gasteiger partial charge is 0.334 e. The average Bonchev–Trinajstić information content (AvgIpc) is 2.32. The van der Waals surface area contributed by atoms with Crippen molar-refractivity contribution in [1.82, 2.24) is 9.97 Å². The zero-order chi connectivity index (χ0) is 13.1. The molecule has 0 aliphatic rings. The fraction of sp³-hybridized carbons (Fsp3) is 0. The number of rotatable bonds is 3. The molecule has 1 aromatic heterocycles. The molecule has 2 aromatic rings. The first-order valence-corrected chi connectivity index (χ1v) is 5.92. The Bertz CT molecular complexity index is 591. The van der Waals surface area contributed by atoms with Gasteiger partial charge < -0.3 is 5.32 Å². The molecule has 6 nitrogen and oxygen atoms in total. The number of aromatic nitrogens is 2. The van der Waals surface area contributed by atoms with Gasteiger partial charge in [0.25, 0.3) is 0 Å². The van der Waals surface area contributed by atoms with E-state index in [4.69, 9.17) is 11.6 Å². The Morgan fingerprint density at radius 2 is 1.94 bits per heavy atom. The van der Waals surface area contributed by atoms with Gasteiger partial charge in [-0.3, -0.25) is 10.1 Å². The summed E-state index contributed by atoms with van der Waals surface area (Å²) in [5.41, 5.74) is 0.318. The van der Waals surface area contributed by atoms with Gasteiger partial charge in [-0.05, 0) is 24.3 Å². The van der Waals surface area contributed by atoms with Crippen LogP contribution < -0.4 is 5.32 Å². The van der Waals surface area contributed by atoms with E-state index in [2.05, 4.69) is 31.2 Å². The topological polar surface area (TPSA) is 81.0 Å². The minimum absolute atomic E-state index is 0.0577. The number of hydrogen-bond acceptors (Lipinski definition) is 5. The zero-order valence-electron chi connectivity index (χ0n) is 8.80. The first-order valence-electron chi connectivity index (χ1n) is 4.75. The van der Waals surface area contributed by atoms with Crippen LogP contribution in [0.15, 0.2) is 35.1 Å². The number of anilines is 2. The molecule has 1 heterocycles. The molecule has 1 aromatic carbocycles. The van der Waals surface area contributed by atoms with Crippen molar-refractivity contribution in [2.75, 3.05) is 5.32 Å². The molecular weight excluding hydrogens is 323 g/mol. The molecule has 0 atom stereocenters. The Hall–Kier alpha value is -1.73. The fourth-order valence-corrected chi connectivity index (χ4v) is 1.75. The van der Waals surface area contributed by atoms with Gasteiger partial charge in [-0.25, -0.2) is 9.97 Å². The lowest BCUT2D eigenvalue weighted by molar-refractivity contribution is -0.384. The summed E-state index contributed by atoms with van der Waals surface area (Å²) in [6.07, 6.45) is 1.16. The van der Waals surface area contributed by atoms with Crippen LogP contribution in [-0.2, 0) is 0 Å². The second-order valence-electron chi connectivity index (χ2n) is 3.25. The Morgan fingerprint density at radius 1 is 1.28 bits per heavy atom. The summed E-state index contributed by atoms with van der Waals surface area (Å²) in [7, 11) is 0. The van der Waals surface area contributed by atoms with Crippen LogP contribution in [0.2, 0.25) is 5.15 Å². The van der Waals surface area contributed by atoms with Crippen molar-refractivity contribution in [3.8, 4) is 0 Å². The third-order valence-electron chi connectivity index (χ3n) is 2.07. The van der Waals surface area contributed by atoms with Crippen LogP contribution in [0.4, 0.5) is 17.2 Å². The highest BCUT2D eigenvalue weighted by atomic mass is 79.9. The third-order valence-corrected chi connectivity index (χ3v) is 2.87. The van der Waals surface area contributed by atoms with Crippen LogP contribution in [0.1, 0.15) is 0 Å². The summed E-state index contributed by atoms with van der Waals surface area (Å²) in [4.78, 5) is 17.7. The fourth-order valence-electron chi connectivity index (χ4n) is 1.28. The molecule has 0 saturated heterocycles. The zero-order valence-corrected chi connectivity index (χ0v) is 11.1. The van der Waals surface area contributed by atoms with Gasteiger partial charge >= 0.3 is 5.69 Å². The molecule has 2 rings (SSSR count). The number of hydrogen-bond donors (Lipinski definition) is 1. The Kier molecular flexibility index (Phi) is 3.73. The van der Waals surface area contributed by atoms with Crippen molar-refractivity contribution in [2.24, 2.45) is 0 Å². The highest BCUT2D eigenvalue weighted by Gasteiger charge is 2.21. The molecule has 92 valence electrons. The van der Waals surface area contributed by atoms with Crippen molar-refractivity contribution in [2.45, 2.75) is 0 Å². The predicted molar refractivity (Wildman–Crippen MR) is 71.1 cm³/mol. The molecule has 0 saturated carbocycles. The van der Waals surface area contributed by atoms with E-state index in [-0.39, 0.29) is 16.7 Å². The summed E-state index contributed by atoms with van der Waals surface area (Å²) in [5.74, 6) is 0.0577. The van der Waals surface area contributed by atoms with Crippen LogP contribution in [-0.4, -0.2) is 14.9 Å². The standard InChI is InChI=1S/C10H6BrClN4O2/c11-6-1-3-7(4-2-6)15-10-8(16(17)18)9(12)13-5-14-10/h1-5H,(H,13,14,15). The SMILES string of the molecule is O=[N+]([O-])c1c(Cl)ncnc1Nc1ccc(Br)cc1. The molecule has 0 fully saturated rings. The molecule has 0 aliphatic carbocycles. The van der Waals surface area contributed by atoms with Crippen LogP contribution in [0.25, 0.3) is 0 Å². The number of benzene rings is 1. The van der Waals surface area contributed by atoms with Crippen LogP contribution in [0.3, 0.4) is 0 Å². The molecule has 0 amide bonds. The minimum atomic E-state index is -0.622. The van der Waals surface area contributed by atoms with Gasteiger partial charge in [0.15, 0.2) is 0 Å². The number of nitrogens with one attached hydrogen (secondary N) is 1. The van der Waals surface area contributed by atoms with Crippen LogP contribution >= 0.6 is 27.5 Å². The van der Waals surface area contributed by atoms with Crippen molar-refractivity contribution in [3.05, 3.63) is 50.3 Å². The van der Waals surface area contributed by atoms with Crippen molar-refractivity contribution >= 4 is 44.7 Å². The van der Waals surface area contributed by atoms with E-state index in [1.807, 2.05) is 0 Å². The Morgan fingerprint density at radius 3 is 2.56 bits per heavy atom. The lowest BCUT2D eigenvalue weighted by Gasteiger charge is -2.06. The average molecular weight is 330 g/mol. The molecule has 8 heteroatoms. The third kappa shape index (κ3) is 2.74. The van der Waals surface area contributed by atoms with Crippen LogP contribution in [0.5, 0.6) is 0 Å². The van der Waals surface area contributed by atoms with E-state index < -0.39 is 4.92 Å². The maximum absolute atomic E-state index is 10.9. The van der Waals surface area contributed by atoms with E-state index in [1.54, 1.807) is 24.3 Å². The number of nitrogens with zero attached hydrogens (tertiary/aromatic N) is 3. The van der Waals surface area contributed by atoms with Gasteiger partial charge in [0, 0.05) is 10.2 Å². The van der Waals surface area contributed by atoms with Gasteiger partial charge in [-0.1, -0.05) is 27.5 Å². The molecule has 0 spiro atoms.